The van der Waals surface area contributed by atoms with Crippen LogP contribution in [-0.2, 0) is 11.8 Å². The highest BCUT2D eigenvalue weighted by Gasteiger charge is 2.25. The number of nitrogens with two attached hydrogens (primary N) is 1. The standard InChI is InChI=1S/C10H20N4O2/c1-5-16-7(2)9(13-11)10-8(15-4)6-12-14(10)3/h6-7,9,13H,5,11H2,1-4H3. The van der Waals surface area contributed by atoms with Crippen LogP contribution in [0, 0.1) is 0 Å². The summed E-state index contributed by atoms with van der Waals surface area (Å²) in [6, 6.07) is -0.151. The summed E-state index contributed by atoms with van der Waals surface area (Å²) in [6.07, 6.45) is 1.61. The Morgan fingerprint density at radius 3 is 2.81 bits per heavy atom. The lowest BCUT2D eigenvalue weighted by molar-refractivity contribution is 0.0444. The number of nitrogens with one attached hydrogen (secondary N) is 1. The lowest BCUT2D eigenvalue weighted by atomic mass is 10.1. The number of rotatable bonds is 6. The number of hydrogen-bond acceptors (Lipinski definition) is 5. The van der Waals surface area contributed by atoms with Crippen LogP contribution >= 0.6 is 0 Å². The lowest BCUT2D eigenvalue weighted by Gasteiger charge is -2.23. The normalized spacial score (nSPS) is 14.8. The molecule has 0 bridgehead atoms. The molecule has 1 aromatic rings. The molecule has 92 valence electrons. The summed E-state index contributed by atoms with van der Waals surface area (Å²) in [4.78, 5) is 0. The number of hydrogen-bond donors (Lipinski definition) is 2. The molecule has 0 aliphatic carbocycles. The van der Waals surface area contributed by atoms with Gasteiger partial charge in [-0.05, 0) is 13.8 Å². The highest BCUT2D eigenvalue weighted by molar-refractivity contribution is 5.28. The van der Waals surface area contributed by atoms with Crippen molar-refractivity contribution in [3.63, 3.8) is 0 Å². The van der Waals surface area contributed by atoms with Gasteiger partial charge >= 0.3 is 0 Å². The molecule has 3 N–H and O–H groups in total. The van der Waals surface area contributed by atoms with Crippen molar-refractivity contribution >= 4 is 0 Å². The fourth-order valence-corrected chi connectivity index (χ4v) is 1.73. The molecule has 0 fully saturated rings. The highest BCUT2D eigenvalue weighted by Crippen LogP contribution is 2.27. The molecule has 1 heterocycles. The second kappa shape index (κ2) is 5.83. The second-order valence-corrected chi connectivity index (χ2v) is 3.53. The molecule has 2 unspecified atom stereocenters. The van der Waals surface area contributed by atoms with Gasteiger partial charge in [0.05, 0.1) is 25.5 Å². The summed E-state index contributed by atoms with van der Waals surface area (Å²) in [6.45, 7) is 4.55. The van der Waals surface area contributed by atoms with Gasteiger partial charge in [0.1, 0.15) is 5.69 Å². The fourth-order valence-electron chi connectivity index (χ4n) is 1.73. The van der Waals surface area contributed by atoms with Crippen molar-refractivity contribution in [2.24, 2.45) is 12.9 Å². The van der Waals surface area contributed by atoms with Crippen molar-refractivity contribution in [2.75, 3.05) is 13.7 Å². The zero-order chi connectivity index (χ0) is 12.1. The van der Waals surface area contributed by atoms with E-state index in [2.05, 4.69) is 10.5 Å². The maximum atomic E-state index is 5.56. The minimum absolute atomic E-state index is 0.0562. The van der Waals surface area contributed by atoms with E-state index in [1.807, 2.05) is 20.9 Å². The Morgan fingerprint density at radius 2 is 2.31 bits per heavy atom. The van der Waals surface area contributed by atoms with Crippen LogP contribution in [0.1, 0.15) is 25.6 Å². The first kappa shape index (κ1) is 13.0. The molecule has 0 aliphatic heterocycles. The van der Waals surface area contributed by atoms with Gasteiger partial charge in [-0.2, -0.15) is 5.10 Å². The maximum absolute atomic E-state index is 5.56. The van der Waals surface area contributed by atoms with Crippen LogP contribution < -0.4 is 16.0 Å². The average Bonchev–Trinajstić information content (AvgIpc) is 2.62. The largest absolute Gasteiger partial charge is 0.493 e. The molecule has 1 aromatic heterocycles. The monoisotopic (exact) mass is 228 g/mol. The predicted octanol–water partition coefficient (Wildman–Crippen LogP) is 0.358. The van der Waals surface area contributed by atoms with E-state index in [1.165, 1.54) is 0 Å². The first-order valence-electron chi connectivity index (χ1n) is 5.29. The summed E-state index contributed by atoms with van der Waals surface area (Å²) in [5.74, 6) is 6.27. The third kappa shape index (κ3) is 2.52. The van der Waals surface area contributed by atoms with Crippen molar-refractivity contribution < 1.29 is 9.47 Å². The van der Waals surface area contributed by atoms with Gasteiger partial charge in [-0.25, -0.2) is 5.43 Å². The molecule has 6 heteroatoms. The van der Waals surface area contributed by atoms with Crippen LogP contribution in [0.2, 0.25) is 0 Å². The van der Waals surface area contributed by atoms with Crippen LogP contribution in [0.25, 0.3) is 0 Å². The molecule has 0 amide bonds. The molecule has 1 rings (SSSR count). The van der Waals surface area contributed by atoms with Crippen molar-refractivity contribution in [3.05, 3.63) is 11.9 Å². The molecule has 0 radical (unpaired) electrons. The van der Waals surface area contributed by atoms with Crippen molar-refractivity contribution in [1.82, 2.24) is 15.2 Å². The average molecular weight is 228 g/mol. The van der Waals surface area contributed by atoms with Crippen LogP contribution in [0.3, 0.4) is 0 Å². The quantitative estimate of drug-likeness (QED) is 0.543. The summed E-state index contributed by atoms with van der Waals surface area (Å²) >= 11 is 0. The summed E-state index contributed by atoms with van der Waals surface area (Å²) < 4.78 is 12.5. The molecule has 0 spiro atoms. The van der Waals surface area contributed by atoms with Crippen LogP contribution in [0.4, 0.5) is 0 Å². The van der Waals surface area contributed by atoms with Crippen LogP contribution in [0.5, 0.6) is 5.75 Å². The van der Waals surface area contributed by atoms with E-state index >= 15 is 0 Å². The molecular weight excluding hydrogens is 208 g/mol. The van der Waals surface area contributed by atoms with E-state index in [4.69, 9.17) is 15.3 Å². The Kier molecular flexibility index (Phi) is 4.72. The zero-order valence-corrected chi connectivity index (χ0v) is 10.2. The molecule has 2 atom stereocenters. The lowest BCUT2D eigenvalue weighted by Crippen LogP contribution is -2.38. The van der Waals surface area contributed by atoms with Gasteiger partial charge in [0.2, 0.25) is 0 Å². The van der Waals surface area contributed by atoms with Gasteiger partial charge in [0.25, 0.3) is 0 Å². The first-order chi connectivity index (χ1) is 7.65. The number of hydrazine groups is 1. The van der Waals surface area contributed by atoms with E-state index in [1.54, 1.807) is 18.0 Å². The summed E-state index contributed by atoms with van der Waals surface area (Å²) in [7, 11) is 3.46. The molecule has 0 saturated carbocycles. The number of aromatic nitrogens is 2. The minimum Gasteiger partial charge on any atom is -0.493 e. The molecular formula is C10H20N4O2. The minimum atomic E-state index is -0.151. The van der Waals surface area contributed by atoms with Gasteiger partial charge in [-0.15, -0.1) is 0 Å². The molecule has 0 saturated heterocycles. The summed E-state index contributed by atoms with van der Waals surface area (Å²) in [5, 5.41) is 4.14. The SMILES string of the molecule is CCOC(C)C(NN)c1c(OC)cnn1C. The maximum Gasteiger partial charge on any atom is 0.161 e. The smallest absolute Gasteiger partial charge is 0.161 e. The highest BCUT2D eigenvalue weighted by atomic mass is 16.5. The fraction of sp³-hybridized carbons (Fsp3) is 0.700. The Balaban J connectivity index is 2.97. The van der Waals surface area contributed by atoms with Crippen molar-refractivity contribution in [1.29, 1.82) is 0 Å². The van der Waals surface area contributed by atoms with Gasteiger partial charge in [-0.1, -0.05) is 0 Å². The van der Waals surface area contributed by atoms with Gasteiger partial charge in [0, 0.05) is 13.7 Å². The Morgan fingerprint density at radius 1 is 1.62 bits per heavy atom. The van der Waals surface area contributed by atoms with E-state index in [0.717, 1.165) is 5.69 Å². The van der Waals surface area contributed by atoms with Crippen LogP contribution in [-0.4, -0.2) is 29.6 Å². The number of aryl methyl sites for hydroxylation is 1. The number of ether oxygens (including phenoxy) is 2. The topological polar surface area (TPSA) is 74.3 Å². The van der Waals surface area contributed by atoms with Gasteiger partial charge in [0.15, 0.2) is 5.75 Å². The summed E-state index contributed by atoms with van der Waals surface area (Å²) in [5.41, 5.74) is 3.62. The van der Waals surface area contributed by atoms with Gasteiger partial charge in [-0.3, -0.25) is 10.5 Å². The Bertz CT molecular complexity index is 327. The van der Waals surface area contributed by atoms with Crippen LogP contribution in [0.15, 0.2) is 6.20 Å². The first-order valence-corrected chi connectivity index (χ1v) is 5.29. The van der Waals surface area contributed by atoms with Crippen molar-refractivity contribution in [2.45, 2.75) is 26.0 Å². The number of methoxy groups -OCH3 is 1. The molecule has 0 aromatic carbocycles. The third-order valence-corrected chi connectivity index (χ3v) is 2.54. The van der Waals surface area contributed by atoms with E-state index < -0.39 is 0 Å². The third-order valence-electron chi connectivity index (χ3n) is 2.54. The number of nitrogens with zero attached hydrogens (tertiary/aromatic N) is 2. The second-order valence-electron chi connectivity index (χ2n) is 3.53. The molecule has 6 nitrogen and oxygen atoms in total. The van der Waals surface area contributed by atoms with Crippen molar-refractivity contribution in [3.8, 4) is 5.75 Å². The van der Waals surface area contributed by atoms with E-state index in [9.17, 15) is 0 Å². The Hall–Kier alpha value is -1.11. The van der Waals surface area contributed by atoms with E-state index in [-0.39, 0.29) is 12.1 Å². The molecule has 16 heavy (non-hydrogen) atoms. The Labute approximate surface area is 95.7 Å². The van der Waals surface area contributed by atoms with E-state index in [0.29, 0.717) is 12.4 Å². The molecule has 0 aliphatic rings. The van der Waals surface area contributed by atoms with Gasteiger partial charge < -0.3 is 9.47 Å². The predicted molar refractivity (Wildman–Crippen MR) is 60.9 cm³/mol. The zero-order valence-electron chi connectivity index (χ0n) is 10.2.